The van der Waals surface area contributed by atoms with Crippen LogP contribution in [0.3, 0.4) is 0 Å². The lowest BCUT2D eigenvalue weighted by Gasteiger charge is -2.30. The predicted octanol–water partition coefficient (Wildman–Crippen LogP) is 3.50. The molecule has 1 heterocycles. The first-order valence-corrected chi connectivity index (χ1v) is 10.1. The fourth-order valence-corrected chi connectivity index (χ4v) is 3.79. The van der Waals surface area contributed by atoms with Crippen molar-refractivity contribution in [2.45, 2.75) is 71.2 Å². The van der Waals surface area contributed by atoms with Crippen molar-refractivity contribution in [3.05, 3.63) is 27.5 Å². The molecule has 1 N–H and O–H groups in total. The Balaban J connectivity index is 1.55. The van der Waals surface area contributed by atoms with E-state index >= 15 is 0 Å². The summed E-state index contributed by atoms with van der Waals surface area (Å²) in [5, 5.41) is 3.62. The molecule has 0 spiro atoms. The summed E-state index contributed by atoms with van der Waals surface area (Å²) >= 11 is 6.43. The molecular formula is C20H27ClN2O5. The molecule has 1 saturated carbocycles. The van der Waals surface area contributed by atoms with E-state index in [0.717, 1.165) is 25.7 Å². The molecule has 1 aliphatic rings. The molecule has 1 amide bonds. The number of amides is 1. The van der Waals surface area contributed by atoms with Gasteiger partial charge >= 0.3 is 0 Å². The average Bonchev–Trinajstić information content (AvgIpc) is 2.99. The van der Waals surface area contributed by atoms with E-state index < -0.39 is 0 Å². The molecule has 1 aliphatic carbocycles. The highest BCUT2D eigenvalue weighted by atomic mass is 35.5. The van der Waals surface area contributed by atoms with Gasteiger partial charge in [-0.3, -0.25) is 9.59 Å². The highest BCUT2D eigenvalue weighted by molar-refractivity contribution is 6.36. The quantitative estimate of drug-likeness (QED) is 0.755. The molecule has 0 unspecified atom stereocenters. The summed E-state index contributed by atoms with van der Waals surface area (Å²) < 4.78 is 18.8. The Labute approximate surface area is 168 Å². The molecule has 0 radical (unpaired) electrons. The maximum Gasteiger partial charge on any atom is 0.290 e. The van der Waals surface area contributed by atoms with Gasteiger partial charge in [-0.25, -0.2) is 0 Å². The number of aromatic nitrogens is 1. The molecular weight excluding hydrogens is 384 g/mol. The number of hydrogen-bond donors (Lipinski definition) is 1. The van der Waals surface area contributed by atoms with Crippen molar-refractivity contribution in [3.63, 3.8) is 0 Å². The summed E-state index contributed by atoms with van der Waals surface area (Å²) in [6.07, 6.45) is 3.70. The molecule has 0 bridgehead atoms. The number of carbonyl (C=O) groups is 1. The van der Waals surface area contributed by atoms with Crippen LogP contribution in [0.4, 0.5) is 0 Å². The zero-order valence-electron chi connectivity index (χ0n) is 16.5. The molecule has 2 aromatic rings. The number of nitrogens with one attached hydrogen (secondary N) is 1. The van der Waals surface area contributed by atoms with E-state index in [-0.39, 0.29) is 29.7 Å². The third-order valence-corrected chi connectivity index (χ3v) is 5.31. The Morgan fingerprint density at radius 2 is 2.00 bits per heavy atom. The van der Waals surface area contributed by atoms with Gasteiger partial charge in [-0.2, -0.15) is 4.74 Å². The topological polar surface area (TPSA) is 82.7 Å². The fourth-order valence-electron chi connectivity index (χ4n) is 3.55. The van der Waals surface area contributed by atoms with Crippen molar-refractivity contribution in [1.29, 1.82) is 0 Å². The van der Waals surface area contributed by atoms with Crippen molar-refractivity contribution < 1.29 is 18.8 Å². The lowest BCUT2D eigenvalue weighted by Crippen LogP contribution is -2.36. The molecule has 1 aromatic carbocycles. The highest BCUT2D eigenvalue weighted by Crippen LogP contribution is 2.34. The summed E-state index contributed by atoms with van der Waals surface area (Å²) in [4.78, 5) is 23.2. The van der Waals surface area contributed by atoms with Crippen LogP contribution in [-0.2, 0) is 16.1 Å². The van der Waals surface area contributed by atoms with E-state index in [1.807, 2.05) is 13.8 Å². The maximum absolute atomic E-state index is 12.2. The van der Waals surface area contributed by atoms with Crippen LogP contribution < -0.4 is 15.6 Å². The molecule has 28 heavy (non-hydrogen) atoms. The molecule has 1 atom stereocenters. The van der Waals surface area contributed by atoms with Gasteiger partial charge in [0.1, 0.15) is 10.8 Å². The number of nitrogens with zero attached hydrogens (tertiary/aromatic N) is 1. The van der Waals surface area contributed by atoms with E-state index in [2.05, 4.69) is 5.32 Å². The standard InChI is InChI=1S/C20H27ClN2O5/c1-4-23-20(25)16-9-10-17(18(21)19(16)28-23)27-15-7-5-14(6-8-15)26-11-12(2)22-13(3)24/h9-10,12,14-15H,4-8,11H2,1-3H3,(H,22,24)/t12-,14-,15-/m0/s1. The van der Waals surface area contributed by atoms with Gasteiger partial charge in [0.15, 0.2) is 5.58 Å². The predicted molar refractivity (Wildman–Crippen MR) is 107 cm³/mol. The zero-order chi connectivity index (χ0) is 20.3. The number of fused-ring (bicyclic) bond motifs is 1. The second-order valence-corrected chi connectivity index (χ2v) is 7.67. The minimum Gasteiger partial charge on any atom is -0.489 e. The first kappa shape index (κ1) is 20.7. The molecule has 0 aliphatic heterocycles. The minimum atomic E-state index is -0.183. The van der Waals surface area contributed by atoms with E-state index in [1.54, 1.807) is 12.1 Å². The van der Waals surface area contributed by atoms with E-state index in [4.69, 9.17) is 25.6 Å². The minimum absolute atomic E-state index is 0.00194. The molecule has 1 aromatic heterocycles. The van der Waals surface area contributed by atoms with Crippen molar-refractivity contribution in [1.82, 2.24) is 10.1 Å². The molecule has 154 valence electrons. The number of aryl methyl sites for hydroxylation is 1. The number of benzene rings is 1. The average molecular weight is 411 g/mol. The second kappa shape index (κ2) is 9.01. The second-order valence-electron chi connectivity index (χ2n) is 7.30. The number of ether oxygens (including phenoxy) is 2. The van der Waals surface area contributed by atoms with Gasteiger partial charge in [-0.05, 0) is 51.7 Å². The summed E-state index contributed by atoms with van der Waals surface area (Å²) in [5.41, 5.74) is 0.187. The summed E-state index contributed by atoms with van der Waals surface area (Å²) in [6.45, 7) is 6.23. The van der Waals surface area contributed by atoms with Gasteiger partial charge in [0.2, 0.25) is 5.91 Å². The Kier molecular flexibility index (Phi) is 6.67. The van der Waals surface area contributed by atoms with Gasteiger partial charge in [0, 0.05) is 13.0 Å². The van der Waals surface area contributed by atoms with E-state index in [9.17, 15) is 9.59 Å². The normalized spacial score (nSPS) is 20.9. The van der Waals surface area contributed by atoms with Crippen LogP contribution in [0.25, 0.3) is 11.0 Å². The molecule has 0 saturated heterocycles. The smallest absolute Gasteiger partial charge is 0.290 e. The van der Waals surface area contributed by atoms with Crippen LogP contribution in [-0.4, -0.2) is 35.5 Å². The monoisotopic (exact) mass is 410 g/mol. The van der Waals surface area contributed by atoms with Crippen molar-refractivity contribution in [2.24, 2.45) is 0 Å². The van der Waals surface area contributed by atoms with Gasteiger partial charge in [0.05, 0.1) is 30.7 Å². The van der Waals surface area contributed by atoms with E-state index in [1.165, 1.54) is 11.7 Å². The van der Waals surface area contributed by atoms with Crippen LogP contribution >= 0.6 is 11.6 Å². The lowest BCUT2D eigenvalue weighted by atomic mass is 9.95. The lowest BCUT2D eigenvalue weighted by molar-refractivity contribution is -0.120. The van der Waals surface area contributed by atoms with Crippen molar-refractivity contribution >= 4 is 28.5 Å². The van der Waals surface area contributed by atoms with Gasteiger partial charge < -0.3 is 19.3 Å². The van der Waals surface area contributed by atoms with Gasteiger partial charge in [-0.15, -0.1) is 0 Å². The van der Waals surface area contributed by atoms with Crippen molar-refractivity contribution in [2.75, 3.05) is 6.61 Å². The maximum atomic E-state index is 12.2. The largest absolute Gasteiger partial charge is 0.489 e. The third kappa shape index (κ3) is 4.70. The molecule has 8 heteroatoms. The molecule has 7 nitrogen and oxygen atoms in total. The Bertz CT molecular complexity index is 883. The zero-order valence-corrected chi connectivity index (χ0v) is 17.3. The SMILES string of the molecule is CCn1oc2c(Cl)c(O[C@H]3CC[C@H](OC[C@H](C)NC(C)=O)CC3)ccc2c1=O. The van der Waals surface area contributed by atoms with Crippen LogP contribution in [0.15, 0.2) is 21.5 Å². The summed E-state index contributed by atoms with van der Waals surface area (Å²) in [6, 6.07) is 3.44. The number of hydrogen-bond acceptors (Lipinski definition) is 5. The Hall–Kier alpha value is -1.99. The van der Waals surface area contributed by atoms with Crippen LogP contribution in [0.1, 0.15) is 46.5 Å². The summed E-state index contributed by atoms with van der Waals surface area (Å²) in [7, 11) is 0. The molecule has 3 rings (SSSR count). The summed E-state index contributed by atoms with van der Waals surface area (Å²) in [5.74, 6) is 0.488. The van der Waals surface area contributed by atoms with Crippen LogP contribution in [0.2, 0.25) is 5.02 Å². The number of rotatable bonds is 7. The Morgan fingerprint density at radius 3 is 2.64 bits per heavy atom. The first-order chi connectivity index (χ1) is 13.4. The van der Waals surface area contributed by atoms with Crippen LogP contribution in [0.5, 0.6) is 5.75 Å². The fraction of sp³-hybridized carbons (Fsp3) is 0.600. The van der Waals surface area contributed by atoms with Crippen LogP contribution in [0, 0.1) is 0 Å². The van der Waals surface area contributed by atoms with Gasteiger partial charge in [0.25, 0.3) is 5.56 Å². The third-order valence-electron chi connectivity index (χ3n) is 4.95. The van der Waals surface area contributed by atoms with Gasteiger partial charge in [-0.1, -0.05) is 11.6 Å². The Morgan fingerprint density at radius 1 is 1.32 bits per heavy atom. The number of halogens is 1. The molecule has 1 fully saturated rings. The highest BCUT2D eigenvalue weighted by Gasteiger charge is 2.25. The van der Waals surface area contributed by atoms with E-state index in [0.29, 0.717) is 34.9 Å². The first-order valence-electron chi connectivity index (χ1n) is 9.76. The number of carbonyl (C=O) groups excluding carboxylic acids is 1. The van der Waals surface area contributed by atoms with Crippen molar-refractivity contribution in [3.8, 4) is 5.75 Å².